The summed E-state index contributed by atoms with van der Waals surface area (Å²) in [5.74, 6) is -1.57. The fourth-order valence-electron chi connectivity index (χ4n) is 1.53. The highest BCUT2D eigenvalue weighted by Crippen LogP contribution is 2.24. The maximum absolute atomic E-state index is 12.0. The number of carbonyl (C=O) groups is 2. The number of hydroxylamine groups is 2. The second-order valence-corrected chi connectivity index (χ2v) is 6.10. The first-order valence-electron chi connectivity index (χ1n) is 5.50. The van der Waals surface area contributed by atoms with Crippen molar-refractivity contribution in [3.8, 4) is 0 Å². The Morgan fingerprint density at radius 1 is 1.00 bits per heavy atom. The summed E-state index contributed by atoms with van der Waals surface area (Å²) < 4.78 is 28.6. The first-order chi connectivity index (χ1) is 9.24. The van der Waals surface area contributed by atoms with Crippen LogP contribution in [0, 0.1) is 0 Å². The molecular formula is C12H10ClNO5S. The maximum atomic E-state index is 12.0. The van der Waals surface area contributed by atoms with Crippen molar-refractivity contribution in [3.63, 3.8) is 0 Å². The van der Waals surface area contributed by atoms with Crippen LogP contribution in [0.15, 0.2) is 40.3 Å². The van der Waals surface area contributed by atoms with Crippen LogP contribution in [0.3, 0.4) is 0 Å². The smallest absolute Gasteiger partial charge is 0.267 e. The number of rotatable bonds is 3. The summed E-state index contributed by atoms with van der Waals surface area (Å²) in [6, 6.07) is 5.16. The molecule has 0 spiro atoms. The average Bonchev–Trinajstić information content (AvgIpc) is 2.57. The molecule has 0 N–H and O–H groups in total. The van der Waals surface area contributed by atoms with Gasteiger partial charge in [0.2, 0.25) is 0 Å². The zero-order valence-corrected chi connectivity index (χ0v) is 12.2. The SMILES string of the molecule is CC1=C(C)C(=O)N(OS(=O)(=O)c2ccc(Cl)cc2)C1=O. The molecule has 2 rings (SSSR count). The minimum atomic E-state index is -4.27. The maximum Gasteiger partial charge on any atom is 0.318 e. The van der Waals surface area contributed by atoms with Crippen LogP contribution in [0.4, 0.5) is 0 Å². The average molecular weight is 316 g/mol. The standard InChI is InChI=1S/C12H10ClNO5S/c1-7-8(2)12(16)14(11(7)15)19-20(17,18)10-5-3-9(13)4-6-10/h3-6H,1-2H3. The Kier molecular flexibility index (Phi) is 3.68. The largest absolute Gasteiger partial charge is 0.318 e. The number of benzene rings is 1. The molecule has 20 heavy (non-hydrogen) atoms. The summed E-state index contributed by atoms with van der Waals surface area (Å²) in [5, 5.41) is 0.597. The lowest BCUT2D eigenvalue weighted by Gasteiger charge is -2.13. The van der Waals surface area contributed by atoms with Crippen LogP contribution in [-0.2, 0) is 24.0 Å². The minimum Gasteiger partial charge on any atom is -0.267 e. The molecule has 1 aliphatic heterocycles. The summed E-state index contributed by atoms with van der Waals surface area (Å²) in [6.07, 6.45) is 0. The van der Waals surface area contributed by atoms with Gasteiger partial charge in [-0.05, 0) is 38.1 Å². The summed E-state index contributed by atoms with van der Waals surface area (Å²) in [7, 11) is -4.27. The number of hydrogen-bond donors (Lipinski definition) is 0. The van der Waals surface area contributed by atoms with E-state index in [1.807, 2.05) is 0 Å². The van der Waals surface area contributed by atoms with E-state index in [1.165, 1.54) is 38.1 Å². The predicted octanol–water partition coefficient (Wildman–Crippen LogP) is 1.67. The molecule has 0 aliphatic carbocycles. The van der Waals surface area contributed by atoms with E-state index in [9.17, 15) is 18.0 Å². The monoisotopic (exact) mass is 315 g/mol. The molecule has 1 aliphatic rings. The first kappa shape index (κ1) is 14.7. The summed E-state index contributed by atoms with van der Waals surface area (Å²) in [5.41, 5.74) is 0.308. The van der Waals surface area contributed by atoms with Crippen molar-refractivity contribution in [2.75, 3.05) is 0 Å². The van der Waals surface area contributed by atoms with Crippen molar-refractivity contribution in [1.82, 2.24) is 5.06 Å². The molecule has 1 aromatic carbocycles. The van der Waals surface area contributed by atoms with Gasteiger partial charge in [0.1, 0.15) is 0 Å². The molecule has 8 heteroatoms. The zero-order valence-electron chi connectivity index (χ0n) is 10.6. The van der Waals surface area contributed by atoms with Gasteiger partial charge in [0.15, 0.2) is 0 Å². The van der Waals surface area contributed by atoms with E-state index in [0.29, 0.717) is 5.02 Å². The van der Waals surface area contributed by atoms with E-state index < -0.39 is 21.9 Å². The molecule has 0 unspecified atom stereocenters. The number of nitrogens with zero attached hydrogens (tertiary/aromatic N) is 1. The Bertz CT molecular complexity index is 697. The third-order valence-electron chi connectivity index (χ3n) is 2.85. The fraction of sp³-hybridized carbons (Fsp3) is 0.167. The zero-order chi connectivity index (χ0) is 15.1. The van der Waals surface area contributed by atoms with Crippen LogP contribution in [0.5, 0.6) is 0 Å². The van der Waals surface area contributed by atoms with Crippen molar-refractivity contribution >= 4 is 33.5 Å². The molecule has 0 radical (unpaired) electrons. The molecule has 0 bridgehead atoms. The predicted molar refractivity (Wildman–Crippen MR) is 69.9 cm³/mol. The molecule has 1 aromatic rings. The Morgan fingerprint density at radius 3 is 1.90 bits per heavy atom. The van der Waals surface area contributed by atoms with Crippen LogP contribution in [-0.4, -0.2) is 25.3 Å². The topological polar surface area (TPSA) is 80.8 Å². The van der Waals surface area contributed by atoms with E-state index in [-0.39, 0.29) is 21.1 Å². The number of carbonyl (C=O) groups excluding carboxylic acids is 2. The van der Waals surface area contributed by atoms with E-state index in [0.717, 1.165) is 0 Å². The Morgan fingerprint density at radius 2 is 1.45 bits per heavy atom. The van der Waals surface area contributed by atoms with Crippen molar-refractivity contribution in [1.29, 1.82) is 0 Å². The third kappa shape index (κ3) is 2.47. The lowest BCUT2D eigenvalue weighted by Crippen LogP contribution is -2.34. The van der Waals surface area contributed by atoms with Gasteiger partial charge < -0.3 is 0 Å². The van der Waals surface area contributed by atoms with Gasteiger partial charge in [-0.1, -0.05) is 11.6 Å². The first-order valence-corrected chi connectivity index (χ1v) is 7.29. The number of imide groups is 1. The van der Waals surface area contributed by atoms with Crippen LogP contribution < -0.4 is 0 Å². The lowest BCUT2D eigenvalue weighted by molar-refractivity contribution is -0.162. The number of hydrogen-bond acceptors (Lipinski definition) is 5. The van der Waals surface area contributed by atoms with Gasteiger partial charge in [0.05, 0.1) is 4.90 Å². The highest BCUT2D eigenvalue weighted by Gasteiger charge is 2.38. The Balaban J connectivity index is 2.29. The summed E-state index contributed by atoms with van der Waals surface area (Å²) >= 11 is 5.66. The van der Waals surface area contributed by atoms with Gasteiger partial charge in [-0.2, -0.15) is 8.42 Å². The second-order valence-electron chi connectivity index (χ2n) is 4.14. The van der Waals surface area contributed by atoms with E-state index >= 15 is 0 Å². The van der Waals surface area contributed by atoms with Gasteiger partial charge in [-0.3, -0.25) is 9.59 Å². The van der Waals surface area contributed by atoms with Gasteiger partial charge in [0, 0.05) is 16.2 Å². The highest BCUT2D eigenvalue weighted by molar-refractivity contribution is 7.86. The minimum absolute atomic E-state index is 0.154. The van der Waals surface area contributed by atoms with E-state index in [4.69, 9.17) is 11.6 Å². The highest BCUT2D eigenvalue weighted by atomic mass is 35.5. The molecule has 0 saturated heterocycles. The molecule has 2 amide bonds. The third-order valence-corrected chi connectivity index (χ3v) is 4.29. The molecule has 0 fully saturated rings. The lowest BCUT2D eigenvalue weighted by atomic mass is 10.2. The molecule has 0 aromatic heterocycles. The van der Waals surface area contributed by atoms with Crippen molar-refractivity contribution in [2.45, 2.75) is 18.7 Å². The number of halogens is 1. The normalized spacial score (nSPS) is 16.2. The fourth-order valence-corrected chi connectivity index (χ4v) is 2.54. The number of amides is 2. The van der Waals surface area contributed by atoms with E-state index in [2.05, 4.69) is 4.28 Å². The van der Waals surface area contributed by atoms with Crippen molar-refractivity contribution < 1.29 is 22.3 Å². The second kappa shape index (κ2) is 5.01. The van der Waals surface area contributed by atoms with Crippen LogP contribution in [0.2, 0.25) is 5.02 Å². The van der Waals surface area contributed by atoms with Crippen LogP contribution >= 0.6 is 11.6 Å². The molecule has 106 valence electrons. The quantitative estimate of drug-likeness (QED) is 0.792. The Hall–Kier alpha value is -1.70. The summed E-state index contributed by atoms with van der Waals surface area (Å²) in [6.45, 7) is 2.85. The molecule has 1 heterocycles. The van der Waals surface area contributed by atoms with Gasteiger partial charge >= 0.3 is 10.1 Å². The van der Waals surface area contributed by atoms with Crippen molar-refractivity contribution in [3.05, 3.63) is 40.4 Å². The Labute approximate surface area is 120 Å². The van der Waals surface area contributed by atoms with Crippen LogP contribution in [0.1, 0.15) is 13.8 Å². The molecule has 6 nitrogen and oxygen atoms in total. The summed E-state index contributed by atoms with van der Waals surface area (Å²) in [4.78, 5) is 23.2. The van der Waals surface area contributed by atoms with E-state index in [1.54, 1.807) is 0 Å². The van der Waals surface area contributed by atoms with Gasteiger partial charge in [-0.15, -0.1) is 9.35 Å². The van der Waals surface area contributed by atoms with Gasteiger partial charge in [-0.25, -0.2) is 0 Å². The van der Waals surface area contributed by atoms with Gasteiger partial charge in [0.25, 0.3) is 11.8 Å². The van der Waals surface area contributed by atoms with Crippen molar-refractivity contribution in [2.24, 2.45) is 0 Å². The molecule has 0 atom stereocenters. The molecular weight excluding hydrogens is 306 g/mol. The molecule has 0 saturated carbocycles. The van der Waals surface area contributed by atoms with Crippen LogP contribution in [0.25, 0.3) is 0 Å².